The summed E-state index contributed by atoms with van der Waals surface area (Å²) >= 11 is 0. The largest absolute Gasteiger partial charge is 0.423 e. The van der Waals surface area contributed by atoms with Crippen molar-refractivity contribution in [3.8, 4) is 0 Å². The Labute approximate surface area is 124 Å². The Balaban J connectivity index is 1.68. The maximum atomic E-state index is 9.88. The molecule has 1 aliphatic rings. The third kappa shape index (κ3) is 3.28. The highest BCUT2D eigenvalue weighted by molar-refractivity contribution is 5.78. The lowest BCUT2D eigenvalue weighted by molar-refractivity contribution is 0.0342. The van der Waals surface area contributed by atoms with Crippen LogP contribution in [-0.2, 0) is 0 Å². The topological polar surface area (TPSA) is 78.8 Å². The second-order valence-corrected chi connectivity index (χ2v) is 6.30. The van der Waals surface area contributed by atoms with Gasteiger partial charge >= 0.3 is 0 Å². The van der Waals surface area contributed by atoms with Gasteiger partial charge < -0.3 is 20.2 Å². The first-order chi connectivity index (χ1) is 9.90. The average Bonchev–Trinajstić information content (AvgIpc) is 2.80. The van der Waals surface area contributed by atoms with Gasteiger partial charge in [-0.05, 0) is 32.0 Å². The zero-order valence-electron chi connectivity index (χ0n) is 12.5. The second-order valence-electron chi connectivity index (χ2n) is 6.30. The van der Waals surface area contributed by atoms with Crippen molar-refractivity contribution in [2.24, 2.45) is 0 Å². The van der Waals surface area contributed by atoms with E-state index in [4.69, 9.17) is 10.2 Å². The molecule has 6 nitrogen and oxygen atoms in total. The summed E-state index contributed by atoms with van der Waals surface area (Å²) in [5.74, 6) is 0. The molecular formula is C15H22N4O2. The Hall–Kier alpha value is -1.79. The van der Waals surface area contributed by atoms with Crippen LogP contribution in [0.3, 0.4) is 0 Å². The molecule has 3 N–H and O–H groups in total. The molecule has 1 aliphatic heterocycles. The molecule has 0 atom stereocenters. The number of fused-ring (bicyclic) bond motifs is 1. The molecule has 1 fully saturated rings. The number of nitrogens with zero attached hydrogens (tertiary/aromatic N) is 3. The maximum Gasteiger partial charge on any atom is 0.298 e. The van der Waals surface area contributed by atoms with Gasteiger partial charge in [-0.25, -0.2) is 0 Å². The van der Waals surface area contributed by atoms with Gasteiger partial charge in [0.25, 0.3) is 6.01 Å². The van der Waals surface area contributed by atoms with E-state index in [1.54, 1.807) is 0 Å². The molecule has 21 heavy (non-hydrogen) atoms. The highest BCUT2D eigenvalue weighted by Gasteiger charge is 2.24. The maximum absolute atomic E-state index is 9.88. The van der Waals surface area contributed by atoms with Gasteiger partial charge in [-0.2, -0.15) is 4.98 Å². The normalized spacial score (nSPS) is 17.6. The zero-order chi connectivity index (χ0) is 15.0. The van der Waals surface area contributed by atoms with Crippen LogP contribution in [0.5, 0.6) is 0 Å². The van der Waals surface area contributed by atoms with E-state index in [1.807, 2.05) is 32.0 Å². The van der Waals surface area contributed by atoms with Crippen molar-refractivity contribution in [1.29, 1.82) is 0 Å². The minimum absolute atomic E-state index is 0.651. The van der Waals surface area contributed by atoms with Gasteiger partial charge in [0.2, 0.25) is 0 Å². The van der Waals surface area contributed by atoms with Crippen molar-refractivity contribution < 1.29 is 9.52 Å². The molecule has 2 heterocycles. The quantitative estimate of drug-likeness (QED) is 0.830. The lowest BCUT2D eigenvalue weighted by Gasteiger charge is -2.36. The van der Waals surface area contributed by atoms with Gasteiger partial charge in [-0.3, -0.25) is 4.90 Å². The molecule has 0 spiro atoms. The van der Waals surface area contributed by atoms with Gasteiger partial charge in [-0.15, -0.1) is 0 Å². The molecule has 0 unspecified atom stereocenters. The fourth-order valence-corrected chi connectivity index (χ4v) is 2.71. The molecule has 0 bridgehead atoms. The SMILES string of the molecule is CC(C)(O)CN1CCN(c2nc3cc(N)ccc3o2)CC1. The number of nitrogen functional groups attached to an aromatic ring is 1. The van der Waals surface area contributed by atoms with Gasteiger partial charge in [-0.1, -0.05) is 0 Å². The van der Waals surface area contributed by atoms with Gasteiger partial charge in [0.15, 0.2) is 5.58 Å². The number of nitrogens with two attached hydrogens (primary N) is 1. The summed E-state index contributed by atoms with van der Waals surface area (Å²) in [4.78, 5) is 8.91. The van der Waals surface area contributed by atoms with Crippen LogP contribution in [0.4, 0.5) is 11.7 Å². The van der Waals surface area contributed by atoms with Crippen LogP contribution in [0, 0.1) is 0 Å². The molecule has 0 aliphatic carbocycles. The standard InChI is InChI=1S/C15H22N4O2/c1-15(2,20)10-18-5-7-19(8-6-18)14-17-12-9-11(16)3-4-13(12)21-14/h3-4,9,20H,5-8,10,16H2,1-2H3. The number of aromatic nitrogens is 1. The first-order valence-electron chi connectivity index (χ1n) is 7.26. The Kier molecular flexibility index (Phi) is 3.51. The summed E-state index contributed by atoms with van der Waals surface area (Å²) in [6, 6.07) is 6.15. The zero-order valence-corrected chi connectivity index (χ0v) is 12.5. The molecule has 1 aromatic carbocycles. The van der Waals surface area contributed by atoms with Crippen molar-refractivity contribution in [2.45, 2.75) is 19.4 Å². The molecule has 0 saturated carbocycles. The minimum Gasteiger partial charge on any atom is -0.423 e. The molecule has 2 aromatic rings. The minimum atomic E-state index is -0.655. The fourth-order valence-electron chi connectivity index (χ4n) is 2.71. The van der Waals surface area contributed by atoms with Crippen LogP contribution in [0.25, 0.3) is 11.1 Å². The lowest BCUT2D eigenvalue weighted by Crippen LogP contribution is -2.50. The molecule has 3 rings (SSSR count). The Morgan fingerprint density at radius 3 is 2.67 bits per heavy atom. The molecule has 0 amide bonds. The van der Waals surface area contributed by atoms with Crippen LogP contribution in [-0.4, -0.2) is 53.3 Å². The fraction of sp³-hybridized carbons (Fsp3) is 0.533. The molecule has 6 heteroatoms. The van der Waals surface area contributed by atoms with Crippen LogP contribution in [0.15, 0.2) is 22.6 Å². The van der Waals surface area contributed by atoms with E-state index in [0.29, 0.717) is 18.2 Å². The van der Waals surface area contributed by atoms with E-state index in [2.05, 4.69) is 14.8 Å². The van der Waals surface area contributed by atoms with Gasteiger partial charge in [0.1, 0.15) is 5.52 Å². The summed E-state index contributed by atoms with van der Waals surface area (Å²) < 4.78 is 5.79. The third-order valence-electron chi connectivity index (χ3n) is 3.65. The van der Waals surface area contributed by atoms with Crippen LogP contribution >= 0.6 is 0 Å². The highest BCUT2D eigenvalue weighted by Crippen LogP contribution is 2.24. The summed E-state index contributed by atoms with van der Waals surface area (Å²) in [6.45, 7) is 7.84. The number of rotatable bonds is 3. The predicted molar refractivity (Wildman–Crippen MR) is 83.4 cm³/mol. The number of hydrogen-bond acceptors (Lipinski definition) is 6. The number of anilines is 2. The first-order valence-corrected chi connectivity index (χ1v) is 7.26. The van der Waals surface area contributed by atoms with Crippen molar-refractivity contribution in [1.82, 2.24) is 9.88 Å². The third-order valence-corrected chi connectivity index (χ3v) is 3.65. The Bertz CT molecular complexity index is 624. The van der Waals surface area contributed by atoms with Gasteiger partial charge in [0, 0.05) is 38.4 Å². The number of oxazole rings is 1. The molecule has 1 aromatic heterocycles. The van der Waals surface area contributed by atoms with E-state index in [-0.39, 0.29) is 0 Å². The van der Waals surface area contributed by atoms with E-state index in [9.17, 15) is 5.11 Å². The van der Waals surface area contributed by atoms with E-state index < -0.39 is 5.60 Å². The summed E-state index contributed by atoms with van der Waals surface area (Å²) in [5.41, 5.74) is 7.36. The van der Waals surface area contributed by atoms with Crippen LogP contribution in [0.2, 0.25) is 0 Å². The number of β-amino-alcohol motifs (C(OH)–C–C–N with tert-alkyl or cyclic N) is 1. The Morgan fingerprint density at radius 1 is 1.29 bits per heavy atom. The monoisotopic (exact) mass is 290 g/mol. The smallest absolute Gasteiger partial charge is 0.298 e. The van der Waals surface area contributed by atoms with Crippen molar-refractivity contribution in [3.63, 3.8) is 0 Å². The first kappa shape index (κ1) is 14.2. The summed E-state index contributed by atoms with van der Waals surface area (Å²) in [6.07, 6.45) is 0. The molecule has 0 radical (unpaired) electrons. The van der Waals surface area contributed by atoms with E-state index in [1.165, 1.54) is 0 Å². The van der Waals surface area contributed by atoms with Gasteiger partial charge in [0.05, 0.1) is 5.60 Å². The Morgan fingerprint density at radius 2 is 2.00 bits per heavy atom. The number of benzene rings is 1. The van der Waals surface area contributed by atoms with Crippen LogP contribution < -0.4 is 10.6 Å². The second kappa shape index (κ2) is 5.20. The van der Waals surface area contributed by atoms with Crippen molar-refractivity contribution >= 4 is 22.8 Å². The summed E-state index contributed by atoms with van der Waals surface area (Å²) in [7, 11) is 0. The van der Waals surface area contributed by atoms with Crippen molar-refractivity contribution in [3.05, 3.63) is 18.2 Å². The highest BCUT2D eigenvalue weighted by atomic mass is 16.4. The van der Waals surface area contributed by atoms with E-state index >= 15 is 0 Å². The summed E-state index contributed by atoms with van der Waals surface area (Å²) in [5, 5.41) is 9.88. The predicted octanol–water partition coefficient (Wildman–Crippen LogP) is 1.30. The van der Waals surface area contributed by atoms with Crippen molar-refractivity contribution in [2.75, 3.05) is 43.4 Å². The number of piperazine rings is 1. The number of aliphatic hydroxyl groups is 1. The number of hydrogen-bond donors (Lipinski definition) is 2. The average molecular weight is 290 g/mol. The van der Waals surface area contributed by atoms with E-state index in [0.717, 1.165) is 37.3 Å². The molecule has 114 valence electrons. The lowest BCUT2D eigenvalue weighted by atomic mass is 10.1. The molecule has 1 saturated heterocycles. The van der Waals surface area contributed by atoms with Crippen LogP contribution in [0.1, 0.15) is 13.8 Å². The molecular weight excluding hydrogens is 268 g/mol.